The minimum atomic E-state index is -0.920. The second kappa shape index (κ2) is 5.67. The highest BCUT2D eigenvalue weighted by Gasteiger charge is 2.38. The number of likely N-dealkylation sites (N-methyl/N-ethyl adjacent to an activating group) is 1. The third kappa shape index (κ3) is 2.93. The molecule has 1 heterocycles. The van der Waals surface area contributed by atoms with E-state index in [9.17, 15) is 4.79 Å². The van der Waals surface area contributed by atoms with Gasteiger partial charge in [0, 0.05) is 24.8 Å². The Hall–Kier alpha value is -1.46. The summed E-state index contributed by atoms with van der Waals surface area (Å²) in [5, 5.41) is 12.4. The molecule has 1 fully saturated rings. The Labute approximate surface area is 113 Å². The molecule has 2 rings (SSSR count). The highest BCUT2D eigenvalue weighted by molar-refractivity contribution is 5.88. The van der Waals surface area contributed by atoms with E-state index in [4.69, 9.17) is 5.11 Å². The quantitative estimate of drug-likeness (QED) is 0.811. The molecule has 0 spiro atoms. The van der Waals surface area contributed by atoms with Crippen LogP contribution in [0.15, 0.2) is 18.3 Å². The first-order valence-electron chi connectivity index (χ1n) is 6.60. The van der Waals surface area contributed by atoms with Crippen LogP contribution in [0.2, 0.25) is 0 Å². The summed E-state index contributed by atoms with van der Waals surface area (Å²) in [5.41, 5.74) is 1.11. The van der Waals surface area contributed by atoms with Crippen LogP contribution in [-0.4, -0.2) is 47.1 Å². The molecule has 0 unspecified atom stereocenters. The van der Waals surface area contributed by atoms with Crippen LogP contribution in [0.1, 0.15) is 35.3 Å². The van der Waals surface area contributed by atoms with Gasteiger partial charge in [0.2, 0.25) is 0 Å². The van der Waals surface area contributed by atoms with Crippen LogP contribution in [0.3, 0.4) is 0 Å². The van der Waals surface area contributed by atoms with Gasteiger partial charge in [0.05, 0.1) is 11.3 Å². The van der Waals surface area contributed by atoms with E-state index in [0.717, 1.165) is 6.54 Å². The number of carboxylic acid groups (broad SMARTS) is 1. The number of aromatic nitrogens is 1. The molecule has 0 aromatic carbocycles. The Balaban J connectivity index is 1.94. The summed E-state index contributed by atoms with van der Waals surface area (Å²) < 4.78 is 0. The van der Waals surface area contributed by atoms with Crippen molar-refractivity contribution in [3.05, 3.63) is 29.6 Å². The van der Waals surface area contributed by atoms with Gasteiger partial charge in [-0.05, 0) is 45.5 Å². The highest BCUT2D eigenvalue weighted by atomic mass is 16.4. The van der Waals surface area contributed by atoms with Gasteiger partial charge >= 0.3 is 5.97 Å². The number of rotatable bonds is 6. The Morgan fingerprint density at radius 2 is 2.26 bits per heavy atom. The maximum Gasteiger partial charge on any atom is 0.337 e. The van der Waals surface area contributed by atoms with E-state index in [1.165, 1.54) is 19.3 Å². The molecule has 0 saturated heterocycles. The molecule has 5 nitrogen and oxygen atoms in total. The average Bonchev–Trinajstić information content (AvgIpc) is 2.32. The molecule has 5 heteroatoms. The van der Waals surface area contributed by atoms with Gasteiger partial charge in [-0.2, -0.15) is 0 Å². The monoisotopic (exact) mass is 263 g/mol. The molecule has 0 aliphatic heterocycles. The number of nitrogens with zero attached hydrogens (tertiary/aromatic N) is 2. The lowest BCUT2D eigenvalue weighted by atomic mass is 9.75. The van der Waals surface area contributed by atoms with Gasteiger partial charge < -0.3 is 15.3 Å². The predicted molar refractivity (Wildman–Crippen MR) is 73.2 cm³/mol. The Morgan fingerprint density at radius 1 is 1.53 bits per heavy atom. The molecule has 0 radical (unpaired) electrons. The summed E-state index contributed by atoms with van der Waals surface area (Å²) in [4.78, 5) is 17.5. The standard InChI is InChI=1S/C14H21N3O2/c1-17(2)14(6-4-7-14)10-15-9-12-11(13(18)19)5-3-8-16-12/h3,5,8,15H,4,6-7,9-10H2,1-2H3,(H,18,19). The van der Waals surface area contributed by atoms with Crippen molar-refractivity contribution in [2.75, 3.05) is 20.6 Å². The molecule has 1 saturated carbocycles. The van der Waals surface area contributed by atoms with Crippen molar-refractivity contribution < 1.29 is 9.90 Å². The second-order valence-corrected chi connectivity index (χ2v) is 5.38. The van der Waals surface area contributed by atoms with Gasteiger partial charge in [0.15, 0.2) is 0 Å². The molecular weight excluding hydrogens is 242 g/mol. The van der Waals surface area contributed by atoms with Gasteiger partial charge in [0.1, 0.15) is 0 Å². The molecule has 1 aliphatic carbocycles. The number of carbonyl (C=O) groups is 1. The van der Waals surface area contributed by atoms with Crippen LogP contribution in [-0.2, 0) is 6.54 Å². The number of hydrogen-bond donors (Lipinski definition) is 2. The first-order valence-corrected chi connectivity index (χ1v) is 6.60. The maximum absolute atomic E-state index is 11.1. The lowest BCUT2D eigenvalue weighted by molar-refractivity contribution is 0.0596. The summed E-state index contributed by atoms with van der Waals surface area (Å²) in [6.07, 6.45) is 5.29. The third-order valence-corrected chi connectivity index (χ3v) is 4.10. The fourth-order valence-corrected chi connectivity index (χ4v) is 2.55. The molecule has 104 valence electrons. The number of pyridine rings is 1. The second-order valence-electron chi connectivity index (χ2n) is 5.38. The van der Waals surface area contributed by atoms with E-state index in [1.54, 1.807) is 18.3 Å². The first-order chi connectivity index (χ1) is 9.05. The van der Waals surface area contributed by atoms with Crippen LogP contribution >= 0.6 is 0 Å². The van der Waals surface area contributed by atoms with Crippen molar-refractivity contribution in [1.29, 1.82) is 0 Å². The largest absolute Gasteiger partial charge is 0.478 e. The van der Waals surface area contributed by atoms with E-state index < -0.39 is 5.97 Å². The zero-order valence-corrected chi connectivity index (χ0v) is 11.5. The van der Waals surface area contributed by atoms with Gasteiger partial charge in [0.25, 0.3) is 0 Å². The van der Waals surface area contributed by atoms with Gasteiger partial charge in [-0.3, -0.25) is 4.98 Å². The van der Waals surface area contributed by atoms with E-state index in [1.807, 2.05) is 0 Å². The van der Waals surface area contributed by atoms with Crippen LogP contribution in [0.25, 0.3) is 0 Å². The van der Waals surface area contributed by atoms with Gasteiger partial charge in [-0.1, -0.05) is 0 Å². The maximum atomic E-state index is 11.1. The Kier molecular flexibility index (Phi) is 4.17. The summed E-state index contributed by atoms with van der Waals surface area (Å²) >= 11 is 0. The summed E-state index contributed by atoms with van der Waals surface area (Å²) in [7, 11) is 4.20. The van der Waals surface area contributed by atoms with Crippen molar-refractivity contribution in [3.8, 4) is 0 Å². The molecule has 0 bridgehead atoms. The van der Waals surface area contributed by atoms with Gasteiger partial charge in [-0.25, -0.2) is 4.79 Å². The minimum Gasteiger partial charge on any atom is -0.478 e. The minimum absolute atomic E-state index is 0.234. The van der Waals surface area contributed by atoms with E-state index in [2.05, 4.69) is 29.3 Å². The van der Waals surface area contributed by atoms with Crippen molar-refractivity contribution in [1.82, 2.24) is 15.2 Å². The van der Waals surface area contributed by atoms with Crippen LogP contribution in [0.4, 0.5) is 0 Å². The molecule has 2 N–H and O–H groups in total. The van der Waals surface area contributed by atoms with Crippen LogP contribution < -0.4 is 5.32 Å². The van der Waals surface area contributed by atoms with E-state index in [0.29, 0.717) is 12.2 Å². The zero-order chi connectivity index (χ0) is 13.9. The number of carboxylic acids is 1. The molecule has 1 aliphatic rings. The van der Waals surface area contributed by atoms with Crippen LogP contribution in [0, 0.1) is 0 Å². The summed E-state index contributed by atoms with van der Waals surface area (Å²) in [6.45, 7) is 1.37. The Bertz CT molecular complexity index is 456. The lowest BCUT2D eigenvalue weighted by Crippen LogP contribution is -2.56. The fourth-order valence-electron chi connectivity index (χ4n) is 2.55. The van der Waals surface area contributed by atoms with Crippen LogP contribution in [0.5, 0.6) is 0 Å². The molecular formula is C14H21N3O2. The zero-order valence-electron chi connectivity index (χ0n) is 11.5. The average molecular weight is 263 g/mol. The van der Waals surface area contributed by atoms with Crippen molar-refractivity contribution in [3.63, 3.8) is 0 Å². The summed E-state index contributed by atoms with van der Waals surface area (Å²) in [5.74, 6) is -0.920. The summed E-state index contributed by atoms with van der Waals surface area (Å²) in [6, 6.07) is 3.25. The first kappa shape index (κ1) is 14.0. The van der Waals surface area contributed by atoms with E-state index in [-0.39, 0.29) is 11.1 Å². The third-order valence-electron chi connectivity index (χ3n) is 4.10. The molecule has 0 atom stereocenters. The number of hydrogen-bond acceptors (Lipinski definition) is 4. The number of aromatic carboxylic acids is 1. The Morgan fingerprint density at radius 3 is 2.79 bits per heavy atom. The smallest absolute Gasteiger partial charge is 0.337 e. The van der Waals surface area contributed by atoms with Crippen molar-refractivity contribution >= 4 is 5.97 Å². The normalized spacial score (nSPS) is 17.2. The topological polar surface area (TPSA) is 65.5 Å². The predicted octanol–water partition coefficient (Wildman–Crippen LogP) is 1.35. The SMILES string of the molecule is CN(C)C1(CNCc2ncccc2C(=O)O)CCC1. The van der Waals surface area contributed by atoms with E-state index >= 15 is 0 Å². The fraction of sp³-hybridized carbons (Fsp3) is 0.571. The van der Waals surface area contributed by atoms with Crippen molar-refractivity contribution in [2.24, 2.45) is 0 Å². The molecule has 1 aromatic heterocycles. The lowest BCUT2D eigenvalue weighted by Gasteiger charge is -2.47. The molecule has 19 heavy (non-hydrogen) atoms. The number of nitrogens with one attached hydrogen (secondary N) is 1. The van der Waals surface area contributed by atoms with Gasteiger partial charge in [-0.15, -0.1) is 0 Å². The molecule has 0 amide bonds. The molecule has 1 aromatic rings. The highest BCUT2D eigenvalue weighted by Crippen LogP contribution is 2.35. The van der Waals surface area contributed by atoms with Crippen molar-refractivity contribution in [2.45, 2.75) is 31.3 Å².